The van der Waals surface area contributed by atoms with Gasteiger partial charge >= 0.3 is 6.03 Å². The minimum Gasteiger partial charge on any atom is -0.338 e. The van der Waals surface area contributed by atoms with E-state index in [1.165, 1.54) is 0 Å². The third-order valence-electron chi connectivity index (χ3n) is 3.45. The molecule has 20 heavy (non-hydrogen) atoms. The van der Waals surface area contributed by atoms with Crippen LogP contribution >= 0.6 is 0 Å². The number of nitrogens with zero attached hydrogens (tertiary/aromatic N) is 1. The molecule has 2 amide bonds. The molecule has 0 radical (unpaired) electrons. The van der Waals surface area contributed by atoms with Crippen molar-refractivity contribution in [2.75, 3.05) is 6.54 Å². The normalized spacial score (nSPS) is 18.5. The number of halogens is 2. The molecule has 1 aliphatic carbocycles. The molecule has 1 aromatic rings. The molecule has 2 N–H and O–H groups in total. The number of nitrogens with one attached hydrogen (secondary N) is 2. The van der Waals surface area contributed by atoms with Crippen molar-refractivity contribution in [2.24, 2.45) is 0 Å². The molecule has 110 valence electrons. The fourth-order valence-corrected chi connectivity index (χ4v) is 2.27. The molecule has 0 spiro atoms. The number of hydrogen-bond acceptors (Lipinski definition) is 2. The largest absolute Gasteiger partial charge is 0.338 e. The molecule has 4 nitrogen and oxygen atoms in total. The molecule has 1 aliphatic rings. The van der Waals surface area contributed by atoms with Gasteiger partial charge in [-0.05, 0) is 25.0 Å². The number of hydrogen-bond donors (Lipinski definition) is 2. The highest BCUT2D eigenvalue weighted by atomic mass is 19.3. The van der Waals surface area contributed by atoms with Gasteiger partial charge in [-0.25, -0.2) is 13.6 Å². The molecule has 0 saturated heterocycles. The Morgan fingerprint density at radius 2 is 2.10 bits per heavy atom. The predicted molar refractivity (Wildman–Crippen MR) is 71.7 cm³/mol. The zero-order valence-corrected chi connectivity index (χ0v) is 11.2. The first kappa shape index (κ1) is 14.7. The summed E-state index contributed by atoms with van der Waals surface area (Å²) in [5.41, 5.74) is 0.908. The van der Waals surface area contributed by atoms with E-state index in [9.17, 15) is 13.6 Å². The Kier molecular flexibility index (Phi) is 4.87. The summed E-state index contributed by atoms with van der Waals surface area (Å²) in [7, 11) is 0. The number of amides is 2. The molecule has 1 aromatic heterocycles. The smallest absolute Gasteiger partial charge is 0.315 e. The van der Waals surface area contributed by atoms with Gasteiger partial charge in [0.1, 0.15) is 0 Å². The van der Waals surface area contributed by atoms with Gasteiger partial charge in [-0.1, -0.05) is 6.07 Å². The second-order valence-corrected chi connectivity index (χ2v) is 5.10. The third kappa shape index (κ3) is 4.75. The van der Waals surface area contributed by atoms with Crippen LogP contribution in [0.1, 0.15) is 31.4 Å². The van der Waals surface area contributed by atoms with Crippen LogP contribution in [0.4, 0.5) is 13.6 Å². The van der Waals surface area contributed by atoms with Crippen molar-refractivity contribution in [3.05, 3.63) is 30.1 Å². The van der Waals surface area contributed by atoms with Crippen LogP contribution in [-0.4, -0.2) is 29.5 Å². The predicted octanol–water partition coefficient (Wildman–Crippen LogP) is 2.50. The van der Waals surface area contributed by atoms with Gasteiger partial charge < -0.3 is 10.6 Å². The van der Waals surface area contributed by atoms with Crippen LogP contribution in [0.15, 0.2) is 24.4 Å². The number of carbonyl (C=O) groups excluding carboxylic acids is 1. The summed E-state index contributed by atoms with van der Waals surface area (Å²) in [5, 5.41) is 5.46. The standard InChI is InChI=1S/C14H19F2N3O/c15-14(16)7-4-12(5-8-14)19-13(20)18-10-6-11-3-1-2-9-17-11/h1-3,9,12H,4-8,10H2,(H2,18,19,20). The Bertz CT molecular complexity index is 429. The first-order valence-electron chi connectivity index (χ1n) is 6.87. The van der Waals surface area contributed by atoms with Crippen molar-refractivity contribution >= 4 is 6.03 Å². The lowest BCUT2D eigenvalue weighted by Crippen LogP contribution is -2.45. The van der Waals surface area contributed by atoms with Crippen LogP contribution in [0, 0.1) is 0 Å². The first-order valence-corrected chi connectivity index (χ1v) is 6.87. The van der Waals surface area contributed by atoms with Crippen LogP contribution in [0.3, 0.4) is 0 Å². The van der Waals surface area contributed by atoms with Gasteiger partial charge in [-0.3, -0.25) is 4.98 Å². The summed E-state index contributed by atoms with van der Waals surface area (Å²) in [6, 6.07) is 5.18. The molecule has 2 rings (SSSR count). The van der Waals surface area contributed by atoms with Crippen molar-refractivity contribution < 1.29 is 13.6 Å². The molecule has 1 fully saturated rings. The molecule has 0 unspecified atom stereocenters. The van der Waals surface area contributed by atoms with E-state index in [0.29, 0.717) is 25.8 Å². The van der Waals surface area contributed by atoms with Crippen molar-refractivity contribution in [3.63, 3.8) is 0 Å². The first-order chi connectivity index (χ1) is 9.55. The molecule has 0 aromatic carbocycles. The minimum atomic E-state index is -2.56. The number of alkyl halides is 2. The quantitative estimate of drug-likeness (QED) is 0.892. The fraction of sp³-hybridized carbons (Fsp3) is 0.571. The Hall–Kier alpha value is -1.72. The lowest BCUT2D eigenvalue weighted by Gasteiger charge is -2.28. The van der Waals surface area contributed by atoms with E-state index < -0.39 is 5.92 Å². The Morgan fingerprint density at radius 1 is 1.35 bits per heavy atom. The fourth-order valence-electron chi connectivity index (χ4n) is 2.27. The van der Waals surface area contributed by atoms with Gasteiger partial charge in [0, 0.05) is 43.7 Å². The topological polar surface area (TPSA) is 54.0 Å². The molecule has 0 aliphatic heterocycles. The highest BCUT2D eigenvalue weighted by molar-refractivity contribution is 5.74. The molecule has 0 atom stereocenters. The second-order valence-electron chi connectivity index (χ2n) is 5.10. The molecule has 6 heteroatoms. The summed E-state index contributed by atoms with van der Waals surface area (Å²) >= 11 is 0. The molecule has 1 saturated carbocycles. The third-order valence-corrected chi connectivity index (χ3v) is 3.45. The summed E-state index contributed by atoms with van der Waals surface area (Å²) in [6.07, 6.45) is 2.73. The van der Waals surface area contributed by atoms with Crippen LogP contribution < -0.4 is 10.6 Å². The lowest BCUT2D eigenvalue weighted by molar-refractivity contribution is -0.0395. The lowest BCUT2D eigenvalue weighted by atomic mass is 9.92. The van der Waals surface area contributed by atoms with Crippen molar-refractivity contribution in [3.8, 4) is 0 Å². The van der Waals surface area contributed by atoms with Gasteiger partial charge in [-0.2, -0.15) is 0 Å². The summed E-state index contributed by atoms with van der Waals surface area (Å²) in [4.78, 5) is 15.8. The average Bonchev–Trinajstić information content (AvgIpc) is 2.42. The van der Waals surface area contributed by atoms with Crippen LogP contribution in [0.25, 0.3) is 0 Å². The molecule has 1 heterocycles. The van der Waals surface area contributed by atoms with Crippen molar-refractivity contribution in [1.82, 2.24) is 15.6 Å². The SMILES string of the molecule is O=C(NCCc1ccccn1)NC1CCC(F)(F)CC1. The monoisotopic (exact) mass is 283 g/mol. The number of carbonyl (C=O) groups is 1. The van der Waals surface area contributed by atoms with E-state index in [-0.39, 0.29) is 24.9 Å². The number of urea groups is 1. The number of aromatic nitrogens is 1. The van der Waals surface area contributed by atoms with Crippen LogP contribution in [0.2, 0.25) is 0 Å². The Morgan fingerprint density at radius 3 is 2.75 bits per heavy atom. The number of rotatable bonds is 4. The van der Waals surface area contributed by atoms with E-state index in [4.69, 9.17) is 0 Å². The van der Waals surface area contributed by atoms with E-state index in [2.05, 4.69) is 15.6 Å². The average molecular weight is 283 g/mol. The van der Waals surface area contributed by atoms with Crippen LogP contribution in [0.5, 0.6) is 0 Å². The van der Waals surface area contributed by atoms with Gasteiger partial charge in [-0.15, -0.1) is 0 Å². The van der Waals surface area contributed by atoms with Crippen molar-refractivity contribution in [1.29, 1.82) is 0 Å². The van der Waals surface area contributed by atoms with E-state index in [1.54, 1.807) is 6.20 Å². The maximum atomic E-state index is 13.0. The van der Waals surface area contributed by atoms with Crippen molar-refractivity contribution in [2.45, 2.75) is 44.1 Å². The molecular weight excluding hydrogens is 264 g/mol. The Balaban J connectivity index is 1.64. The van der Waals surface area contributed by atoms with E-state index in [0.717, 1.165) is 5.69 Å². The molecule has 0 bridgehead atoms. The van der Waals surface area contributed by atoms with E-state index >= 15 is 0 Å². The van der Waals surface area contributed by atoms with Gasteiger partial charge in [0.2, 0.25) is 5.92 Å². The van der Waals surface area contributed by atoms with Gasteiger partial charge in [0.25, 0.3) is 0 Å². The Labute approximate surface area is 117 Å². The maximum absolute atomic E-state index is 13.0. The van der Waals surface area contributed by atoms with Crippen LogP contribution in [-0.2, 0) is 6.42 Å². The summed E-state index contributed by atoms with van der Waals surface area (Å²) < 4.78 is 25.9. The second kappa shape index (κ2) is 6.63. The summed E-state index contributed by atoms with van der Waals surface area (Å²) in [6.45, 7) is 0.478. The highest BCUT2D eigenvalue weighted by Crippen LogP contribution is 2.32. The minimum absolute atomic E-state index is 0.147. The molecular formula is C14H19F2N3O. The zero-order chi connectivity index (χ0) is 14.4. The van der Waals surface area contributed by atoms with Gasteiger partial charge in [0.05, 0.1) is 0 Å². The summed E-state index contributed by atoms with van der Waals surface area (Å²) in [5.74, 6) is -2.56. The van der Waals surface area contributed by atoms with Gasteiger partial charge in [0.15, 0.2) is 0 Å². The zero-order valence-electron chi connectivity index (χ0n) is 11.2. The maximum Gasteiger partial charge on any atom is 0.315 e. The number of pyridine rings is 1. The highest BCUT2D eigenvalue weighted by Gasteiger charge is 2.35. The van der Waals surface area contributed by atoms with E-state index in [1.807, 2.05) is 18.2 Å².